The first-order valence-corrected chi connectivity index (χ1v) is 8.88. The second kappa shape index (κ2) is 6.82. The minimum Gasteiger partial charge on any atom is -0.339 e. The van der Waals surface area contributed by atoms with E-state index in [9.17, 15) is 9.59 Å². The molecule has 0 N–H and O–H groups in total. The van der Waals surface area contributed by atoms with Gasteiger partial charge in [0.1, 0.15) is 0 Å². The summed E-state index contributed by atoms with van der Waals surface area (Å²) in [4.78, 5) is 32.9. The summed E-state index contributed by atoms with van der Waals surface area (Å²) in [6, 6.07) is 5.58. The minimum atomic E-state index is -0.00675. The maximum atomic E-state index is 12.5. The third-order valence-electron chi connectivity index (χ3n) is 5.47. The Labute approximate surface area is 152 Å². The van der Waals surface area contributed by atoms with E-state index in [0.717, 1.165) is 24.9 Å². The molecule has 2 fully saturated rings. The highest BCUT2D eigenvalue weighted by Gasteiger charge is 2.45. The lowest BCUT2D eigenvalue weighted by Gasteiger charge is -2.38. The molecule has 0 bridgehead atoms. The molecule has 0 aromatic carbocycles. The number of likely N-dealkylation sites (tertiary alicyclic amines) is 2. The zero-order valence-electron chi connectivity index (χ0n) is 14.5. The van der Waals surface area contributed by atoms with E-state index in [0.29, 0.717) is 31.6 Å². The van der Waals surface area contributed by atoms with Gasteiger partial charge in [-0.2, -0.15) is 10.2 Å². The van der Waals surface area contributed by atoms with Crippen molar-refractivity contribution in [3.63, 3.8) is 0 Å². The van der Waals surface area contributed by atoms with Crippen molar-refractivity contribution in [2.24, 2.45) is 5.41 Å². The fourth-order valence-corrected chi connectivity index (χ4v) is 3.95. The van der Waals surface area contributed by atoms with Crippen LogP contribution >= 0.6 is 0 Å². The smallest absolute Gasteiger partial charge is 0.255 e. The Morgan fingerprint density at radius 2 is 1.85 bits per heavy atom. The Morgan fingerprint density at radius 3 is 2.54 bits per heavy atom. The third kappa shape index (κ3) is 3.29. The number of piperidine rings is 1. The van der Waals surface area contributed by atoms with Crippen LogP contribution in [0.3, 0.4) is 0 Å². The van der Waals surface area contributed by atoms with Gasteiger partial charge in [-0.1, -0.05) is 0 Å². The van der Waals surface area contributed by atoms with Crippen molar-refractivity contribution in [3.8, 4) is 0 Å². The standard InChI is InChI=1S/C19H21N5O2/c25-17-11-19(14-24(17)13-15-1-6-20-7-2-15)4-9-23(10-5-19)18(26)16-3-8-21-22-12-16/h1-3,6-8,12H,4-5,9-11,13-14H2. The average molecular weight is 351 g/mol. The number of rotatable bonds is 3. The largest absolute Gasteiger partial charge is 0.339 e. The molecule has 1 spiro atoms. The molecule has 0 radical (unpaired) electrons. The molecule has 4 heterocycles. The molecule has 0 saturated carbocycles. The van der Waals surface area contributed by atoms with E-state index in [1.807, 2.05) is 21.9 Å². The summed E-state index contributed by atoms with van der Waals surface area (Å²) in [7, 11) is 0. The first-order valence-electron chi connectivity index (χ1n) is 8.88. The second-order valence-electron chi connectivity index (χ2n) is 7.21. The van der Waals surface area contributed by atoms with E-state index in [-0.39, 0.29) is 17.2 Å². The van der Waals surface area contributed by atoms with Crippen LogP contribution in [-0.2, 0) is 11.3 Å². The molecule has 134 valence electrons. The van der Waals surface area contributed by atoms with Crippen molar-refractivity contribution >= 4 is 11.8 Å². The van der Waals surface area contributed by atoms with Crippen molar-refractivity contribution in [3.05, 3.63) is 54.1 Å². The number of carbonyl (C=O) groups is 2. The summed E-state index contributed by atoms with van der Waals surface area (Å²) >= 11 is 0. The van der Waals surface area contributed by atoms with E-state index in [2.05, 4.69) is 15.2 Å². The van der Waals surface area contributed by atoms with Gasteiger partial charge in [0, 0.05) is 50.4 Å². The molecule has 2 aliphatic rings. The van der Waals surface area contributed by atoms with E-state index < -0.39 is 0 Å². The summed E-state index contributed by atoms with van der Waals surface area (Å²) in [5.41, 5.74) is 1.66. The Kier molecular flexibility index (Phi) is 4.36. The molecular weight excluding hydrogens is 330 g/mol. The van der Waals surface area contributed by atoms with Gasteiger partial charge < -0.3 is 9.80 Å². The van der Waals surface area contributed by atoms with Crippen molar-refractivity contribution in [1.82, 2.24) is 25.0 Å². The Hall–Kier alpha value is -2.83. The van der Waals surface area contributed by atoms with Crippen molar-refractivity contribution in [1.29, 1.82) is 0 Å². The fraction of sp³-hybridized carbons (Fsp3) is 0.421. The zero-order chi connectivity index (χ0) is 18.0. The first kappa shape index (κ1) is 16.6. The second-order valence-corrected chi connectivity index (χ2v) is 7.21. The molecular formula is C19H21N5O2. The molecule has 0 atom stereocenters. The molecule has 2 aliphatic heterocycles. The maximum absolute atomic E-state index is 12.5. The molecule has 2 amide bonds. The maximum Gasteiger partial charge on any atom is 0.255 e. The van der Waals surface area contributed by atoms with E-state index in [1.54, 1.807) is 18.5 Å². The van der Waals surface area contributed by atoms with Crippen molar-refractivity contribution in [2.45, 2.75) is 25.8 Å². The minimum absolute atomic E-state index is 0.00259. The molecule has 7 heteroatoms. The van der Waals surface area contributed by atoms with Crippen LogP contribution in [0.15, 0.2) is 43.0 Å². The lowest BCUT2D eigenvalue weighted by Crippen LogP contribution is -2.44. The van der Waals surface area contributed by atoms with Gasteiger partial charge in [0.2, 0.25) is 5.91 Å². The van der Waals surface area contributed by atoms with Crippen LogP contribution < -0.4 is 0 Å². The van der Waals surface area contributed by atoms with Gasteiger partial charge in [0.05, 0.1) is 18.0 Å². The summed E-state index contributed by atoms with van der Waals surface area (Å²) < 4.78 is 0. The van der Waals surface area contributed by atoms with Gasteiger partial charge in [-0.05, 0) is 36.6 Å². The summed E-state index contributed by atoms with van der Waals surface area (Å²) in [6.07, 6.45) is 8.84. The quantitative estimate of drug-likeness (QED) is 0.838. The monoisotopic (exact) mass is 351 g/mol. The van der Waals surface area contributed by atoms with Crippen LogP contribution in [0, 0.1) is 5.41 Å². The molecule has 26 heavy (non-hydrogen) atoms. The normalized spacial score (nSPS) is 19.2. The molecule has 4 rings (SSSR count). The van der Waals surface area contributed by atoms with Crippen LogP contribution in [0.25, 0.3) is 0 Å². The number of hydrogen-bond donors (Lipinski definition) is 0. The van der Waals surface area contributed by atoms with Crippen molar-refractivity contribution < 1.29 is 9.59 Å². The lowest BCUT2D eigenvalue weighted by molar-refractivity contribution is -0.128. The van der Waals surface area contributed by atoms with E-state index in [1.165, 1.54) is 12.4 Å². The van der Waals surface area contributed by atoms with Crippen molar-refractivity contribution in [2.75, 3.05) is 19.6 Å². The van der Waals surface area contributed by atoms with E-state index >= 15 is 0 Å². The summed E-state index contributed by atoms with van der Waals surface area (Å²) in [6.45, 7) is 2.76. The van der Waals surface area contributed by atoms with Gasteiger partial charge in [0.15, 0.2) is 0 Å². The van der Waals surface area contributed by atoms with Gasteiger partial charge >= 0.3 is 0 Å². The van der Waals surface area contributed by atoms with Gasteiger partial charge in [-0.15, -0.1) is 0 Å². The molecule has 2 saturated heterocycles. The predicted octanol–water partition coefficient (Wildman–Crippen LogP) is 1.53. The summed E-state index contributed by atoms with van der Waals surface area (Å²) in [5, 5.41) is 7.49. The molecule has 2 aromatic heterocycles. The highest BCUT2D eigenvalue weighted by molar-refractivity contribution is 5.93. The van der Waals surface area contributed by atoms with Gasteiger partial charge in [0.25, 0.3) is 5.91 Å². The van der Waals surface area contributed by atoms with Crippen LogP contribution in [0.4, 0.5) is 0 Å². The highest BCUT2D eigenvalue weighted by Crippen LogP contribution is 2.41. The number of amides is 2. The number of carbonyl (C=O) groups excluding carboxylic acids is 2. The Bertz CT molecular complexity index is 788. The molecule has 0 aliphatic carbocycles. The summed E-state index contributed by atoms with van der Waals surface area (Å²) in [5.74, 6) is 0.202. The molecule has 2 aromatic rings. The van der Waals surface area contributed by atoms with Gasteiger partial charge in [-0.3, -0.25) is 14.6 Å². The topological polar surface area (TPSA) is 79.3 Å². The molecule has 7 nitrogen and oxygen atoms in total. The highest BCUT2D eigenvalue weighted by atomic mass is 16.2. The Morgan fingerprint density at radius 1 is 1.08 bits per heavy atom. The van der Waals surface area contributed by atoms with Crippen LogP contribution in [0.2, 0.25) is 0 Å². The van der Waals surface area contributed by atoms with E-state index in [4.69, 9.17) is 0 Å². The zero-order valence-corrected chi connectivity index (χ0v) is 14.5. The number of hydrogen-bond acceptors (Lipinski definition) is 5. The average Bonchev–Trinajstić information content (AvgIpc) is 2.98. The fourth-order valence-electron chi connectivity index (χ4n) is 3.95. The van der Waals surface area contributed by atoms with Crippen LogP contribution in [0.1, 0.15) is 35.2 Å². The SMILES string of the molecule is O=C1CC2(CCN(C(=O)c3ccnnc3)CC2)CN1Cc1ccncc1. The van der Waals surface area contributed by atoms with Crippen LogP contribution in [0.5, 0.6) is 0 Å². The number of aromatic nitrogens is 3. The van der Waals surface area contributed by atoms with Gasteiger partial charge in [-0.25, -0.2) is 0 Å². The number of pyridine rings is 1. The number of nitrogens with zero attached hydrogens (tertiary/aromatic N) is 5. The molecule has 0 unspecified atom stereocenters. The first-order chi connectivity index (χ1) is 12.7. The van der Waals surface area contributed by atoms with Crippen LogP contribution in [-0.4, -0.2) is 56.4 Å². The predicted molar refractivity (Wildman–Crippen MR) is 93.9 cm³/mol. The third-order valence-corrected chi connectivity index (χ3v) is 5.47. The lowest BCUT2D eigenvalue weighted by atomic mass is 9.77. The Balaban J connectivity index is 1.38.